The van der Waals surface area contributed by atoms with Crippen molar-refractivity contribution in [2.45, 2.75) is 17.3 Å². The van der Waals surface area contributed by atoms with E-state index in [2.05, 4.69) is 30.2 Å². The SMILES string of the molecule is C[C@@H](Sc1nnc(N2CCOCC2)n1-c1cccc(F)c1)c1nc(-c2cccnc2)no1. The van der Waals surface area contributed by atoms with Gasteiger partial charge in [0.05, 0.1) is 24.2 Å². The van der Waals surface area contributed by atoms with Gasteiger partial charge in [-0.2, -0.15) is 4.98 Å². The van der Waals surface area contributed by atoms with E-state index < -0.39 is 0 Å². The molecule has 4 aromatic rings. The maximum absolute atomic E-state index is 14.0. The van der Waals surface area contributed by atoms with E-state index in [4.69, 9.17) is 9.26 Å². The third-order valence-electron chi connectivity index (χ3n) is 4.97. The van der Waals surface area contributed by atoms with Crippen LogP contribution >= 0.6 is 11.8 Å². The number of nitrogens with zero attached hydrogens (tertiary/aromatic N) is 7. The minimum atomic E-state index is -0.328. The van der Waals surface area contributed by atoms with Crippen molar-refractivity contribution in [3.8, 4) is 17.1 Å². The summed E-state index contributed by atoms with van der Waals surface area (Å²) in [5, 5.41) is 13.3. The van der Waals surface area contributed by atoms with Crippen LogP contribution in [-0.2, 0) is 4.74 Å². The summed E-state index contributed by atoms with van der Waals surface area (Å²) in [4.78, 5) is 10.7. The lowest BCUT2D eigenvalue weighted by molar-refractivity contribution is 0.122. The Balaban J connectivity index is 1.45. The van der Waals surface area contributed by atoms with E-state index in [9.17, 15) is 4.39 Å². The fourth-order valence-corrected chi connectivity index (χ4v) is 4.26. The Bertz CT molecular complexity index is 1190. The van der Waals surface area contributed by atoms with Gasteiger partial charge < -0.3 is 14.2 Å². The molecule has 0 saturated carbocycles. The molecule has 164 valence electrons. The molecule has 0 amide bonds. The van der Waals surface area contributed by atoms with Gasteiger partial charge in [-0.3, -0.25) is 9.55 Å². The molecular weight excluding hydrogens is 433 g/mol. The van der Waals surface area contributed by atoms with Crippen molar-refractivity contribution < 1.29 is 13.7 Å². The maximum atomic E-state index is 14.0. The molecule has 1 aliphatic rings. The van der Waals surface area contributed by atoms with Crippen molar-refractivity contribution in [1.82, 2.24) is 29.9 Å². The zero-order valence-corrected chi connectivity index (χ0v) is 18.1. The maximum Gasteiger partial charge on any atom is 0.240 e. The number of morpholine rings is 1. The highest BCUT2D eigenvalue weighted by Crippen LogP contribution is 2.36. The first-order valence-electron chi connectivity index (χ1n) is 10.1. The Hall–Kier alpha value is -3.31. The summed E-state index contributed by atoms with van der Waals surface area (Å²) >= 11 is 1.41. The molecule has 0 unspecified atom stereocenters. The molecule has 0 spiro atoms. The van der Waals surface area contributed by atoms with Crippen molar-refractivity contribution in [2.75, 3.05) is 31.2 Å². The molecule has 1 aromatic carbocycles. The van der Waals surface area contributed by atoms with Crippen molar-refractivity contribution in [3.63, 3.8) is 0 Å². The highest BCUT2D eigenvalue weighted by molar-refractivity contribution is 7.99. The molecule has 4 heterocycles. The zero-order valence-electron chi connectivity index (χ0n) is 17.3. The van der Waals surface area contributed by atoms with Gasteiger partial charge in [-0.1, -0.05) is 23.0 Å². The van der Waals surface area contributed by atoms with Crippen molar-refractivity contribution >= 4 is 17.7 Å². The summed E-state index contributed by atoms with van der Waals surface area (Å²) in [5.41, 5.74) is 1.42. The molecule has 11 heteroatoms. The fourth-order valence-electron chi connectivity index (χ4n) is 3.37. The predicted molar refractivity (Wildman–Crippen MR) is 116 cm³/mol. The van der Waals surface area contributed by atoms with Crippen LogP contribution in [0.1, 0.15) is 18.1 Å². The van der Waals surface area contributed by atoms with E-state index in [1.165, 1.54) is 23.9 Å². The summed E-state index contributed by atoms with van der Waals surface area (Å²) in [6.07, 6.45) is 3.37. The molecule has 9 nitrogen and oxygen atoms in total. The molecule has 0 aliphatic carbocycles. The standard InChI is InChI=1S/C21H20FN7O2S/c1-14(19-24-18(27-31-19)15-4-3-7-23-13-15)32-21-26-25-20(28-8-10-30-11-9-28)29(21)17-6-2-5-16(22)12-17/h2-7,12-14H,8-11H2,1H3/t14-/m1/s1. The molecule has 1 aliphatic heterocycles. The fraction of sp³-hybridized carbons (Fsp3) is 0.286. The second-order valence-corrected chi connectivity index (χ2v) is 8.46. The van der Waals surface area contributed by atoms with Crippen molar-refractivity contribution in [2.24, 2.45) is 0 Å². The summed E-state index contributed by atoms with van der Waals surface area (Å²) in [6.45, 7) is 4.53. The van der Waals surface area contributed by atoms with Gasteiger partial charge in [0.25, 0.3) is 0 Å². The second-order valence-electron chi connectivity index (χ2n) is 7.16. The molecular formula is C21H20FN7O2S. The van der Waals surface area contributed by atoms with Crippen LogP contribution in [0.2, 0.25) is 0 Å². The summed E-state index contributed by atoms with van der Waals surface area (Å²) in [5.74, 6) is 1.25. The van der Waals surface area contributed by atoms with Gasteiger partial charge in [0.1, 0.15) is 5.82 Å². The van der Waals surface area contributed by atoms with E-state index in [1.54, 1.807) is 18.5 Å². The second kappa shape index (κ2) is 9.05. The summed E-state index contributed by atoms with van der Waals surface area (Å²) in [7, 11) is 0. The van der Waals surface area contributed by atoms with E-state index in [1.807, 2.05) is 29.7 Å². The quantitative estimate of drug-likeness (QED) is 0.406. The summed E-state index contributed by atoms with van der Waals surface area (Å²) in [6, 6.07) is 10.1. The Morgan fingerprint density at radius 3 is 2.78 bits per heavy atom. The predicted octanol–water partition coefficient (Wildman–Crippen LogP) is 3.54. The third kappa shape index (κ3) is 4.21. The largest absolute Gasteiger partial charge is 0.378 e. The normalized spacial score (nSPS) is 15.1. The van der Waals surface area contributed by atoms with Crippen LogP contribution in [0, 0.1) is 5.82 Å². The molecule has 1 atom stereocenters. The Kier molecular flexibility index (Phi) is 5.82. The van der Waals surface area contributed by atoms with E-state index in [-0.39, 0.29) is 11.1 Å². The number of hydrogen-bond acceptors (Lipinski definition) is 9. The van der Waals surface area contributed by atoms with Gasteiger partial charge in [0.15, 0.2) is 5.16 Å². The van der Waals surface area contributed by atoms with Crippen molar-refractivity contribution in [1.29, 1.82) is 0 Å². The third-order valence-corrected chi connectivity index (χ3v) is 6.00. The molecule has 0 radical (unpaired) electrons. The zero-order chi connectivity index (χ0) is 21.9. The molecule has 1 fully saturated rings. The molecule has 3 aromatic heterocycles. The van der Waals surface area contributed by atoms with Crippen LogP contribution in [0.15, 0.2) is 58.5 Å². The van der Waals surface area contributed by atoms with Gasteiger partial charge in [0, 0.05) is 31.0 Å². The Morgan fingerprint density at radius 1 is 1.12 bits per heavy atom. The first kappa shape index (κ1) is 20.6. The first-order valence-corrected chi connectivity index (χ1v) is 11.0. The average Bonchev–Trinajstić information content (AvgIpc) is 3.48. The number of halogens is 1. The topological polar surface area (TPSA) is 95.0 Å². The smallest absolute Gasteiger partial charge is 0.240 e. The number of benzene rings is 1. The van der Waals surface area contributed by atoms with E-state index in [0.29, 0.717) is 54.8 Å². The highest BCUT2D eigenvalue weighted by atomic mass is 32.2. The minimum Gasteiger partial charge on any atom is -0.378 e. The van der Waals surface area contributed by atoms with Crippen LogP contribution in [0.3, 0.4) is 0 Å². The van der Waals surface area contributed by atoms with Crippen LogP contribution in [0.5, 0.6) is 0 Å². The Labute approximate surface area is 187 Å². The monoisotopic (exact) mass is 453 g/mol. The lowest BCUT2D eigenvalue weighted by Gasteiger charge is -2.28. The minimum absolute atomic E-state index is 0.207. The first-order chi connectivity index (χ1) is 15.7. The number of thioether (sulfide) groups is 1. The Morgan fingerprint density at radius 2 is 2.00 bits per heavy atom. The van der Waals surface area contributed by atoms with Crippen LogP contribution < -0.4 is 4.90 Å². The van der Waals surface area contributed by atoms with Gasteiger partial charge >= 0.3 is 0 Å². The lowest BCUT2D eigenvalue weighted by Crippen LogP contribution is -2.37. The number of ether oxygens (including phenoxy) is 1. The number of aromatic nitrogens is 6. The van der Waals surface area contributed by atoms with E-state index >= 15 is 0 Å². The molecule has 5 rings (SSSR count). The molecule has 0 bridgehead atoms. The van der Waals surface area contributed by atoms with Crippen LogP contribution in [0.25, 0.3) is 17.1 Å². The van der Waals surface area contributed by atoms with Gasteiger partial charge in [-0.25, -0.2) is 4.39 Å². The van der Waals surface area contributed by atoms with Crippen molar-refractivity contribution in [3.05, 3.63) is 60.5 Å². The number of anilines is 1. The number of hydrogen-bond donors (Lipinski definition) is 0. The van der Waals surface area contributed by atoms with Crippen LogP contribution in [0.4, 0.5) is 10.3 Å². The van der Waals surface area contributed by atoms with Gasteiger partial charge in [-0.15, -0.1) is 10.2 Å². The van der Waals surface area contributed by atoms with Gasteiger partial charge in [0.2, 0.25) is 17.7 Å². The van der Waals surface area contributed by atoms with Gasteiger partial charge in [-0.05, 0) is 37.3 Å². The van der Waals surface area contributed by atoms with Crippen LogP contribution in [-0.4, -0.2) is 56.2 Å². The molecule has 0 N–H and O–H groups in total. The number of pyridine rings is 1. The average molecular weight is 454 g/mol. The highest BCUT2D eigenvalue weighted by Gasteiger charge is 2.25. The lowest BCUT2D eigenvalue weighted by atomic mass is 10.3. The van der Waals surface area contributed by atoms with E-state index in [0.717, 1.165) is 5.56 Å². The molecule has 1 saturated heterocycles. The summed E-state index contributed by atoms with van der Waals surface area (Å²) < 4.78 is 26.8. The number of rotatable bonds is 6. The molecule has 32 heavy (non-hydrogen) atoms.